The van der Waals surface area contributed by atoms with Crippen LogP contribution < -0.4 is 0 Å². The summed E-state index contributed by atoms with van der Waals surface area (Å²) >= 11 is 0. The first-order valence-corrected chi connectivity index (χ1v) is 7.60. The molecule has 1 heterocycles. The Hall–Kier alpha value is -2.56. The molecule has 0 unspecified atom stereocenters. The minimum absolute atomic E-state index is 0.130. The molecule has 1 aromatic heterocycles. The summed E-state index contributed by atoms with van der Waals surface area (Å²) in [6.07, 6.45) is -3.54. The number of hydrogen-bond acceptors (Lipinski definition) is 1. The van der Waals surface area contributed by atoms with Crippen molar-refractivity contribution >= 4 is 0 Å². The van der Waals surface area contributed by atoms with E-state index in [1.807, 2.05) is 50.2 Å². The van der Waals surface area contributed by atoms with Crippen molar-refractivity contribution in [1.82, 2.24) is 9.55 Å². The first-order chi connectivity index (χ1) is 11.4. The quantitative estimate of drug-likeness (QED) is 0.642. The molecule has 3 aromatic rings. The maximum absolute atomic E-state index is 13.4. The Balaban J connectivity index is 2.12. The van der Waals surface area contributed by atoms with E-state index in [0.29, 0.717) is 11.4 Å². The van der Waals surface area contributed by atoms with Gasteiger partial charge in [0.2, 0.25) is 0 Å². The first-order valence-electron chi connectivity index (χ1n) is 7.60. The zero-order valence-electron chi connectivity index (χ0n) is 13.4. The van der Waals surface area contributed by atoms with Crippen molar-refractivity contribution in [2.45, 2.75) is 26.6 Å². The van der Waals surface area contributed by atoms with Crippen LogP contribution in [0.25, 0.3) is 11.4 Å². The van der Waals surface area contributed by atoms with Crippen LogP contribution in [-0.2, 0) is 12.7 Å². The van der Waals surface area contributed by atoms with Gasteiger partial charge >= 0.3 is 6.18 Å². The fourth-order valence-corrected chi connectivity index (χ4v) is 2.65. The van der Waals surface area contributed by atoms with Gasteiger partial charge in [0, 0.05) is 12.1 Å². The topological polar surface area (TPSA) is 17.8 Å². The van der Waals surface area contributed by atoms with E-state index in [9.17, 15) is 13.2 Å². The molecule has 0 N–H and O–H groups in total. The van der Waals surface area contributed by atoms with Crippen molar-refractivity contribution in [2.75, 3.05) is 0 Å². The van der Waals surface area contributed by atoms with Gasteiger partial charge in [-0.1, -0.05) is 54.1 Å². The molecule has 124 valence electrons. The van der Waals surface area contributed by atoms with Crippen LogP contribution in [0.3, 0.4) is 0 Å². The highest BCUT2D eigenvalue weighted by atomic mass is 19.4. The predicted octanol–water partition coefficient (Wildman–Crippen LogP) is 5.23. The number of imidazole rings is 1. The number of halogens is 3. The van der Waals surface area contributed by atoms with E-state index in [-0.39, 0.29) is 6.54 Å². The van der Waals surface area contributed by atoms with Gasteiger partial charge in [-0.05, 0) is 25.0 Å². The largest absolute Gasteiger partial charge is 0.433 e. The molecule has 0 saturated carbocycles. The van der Waals surface area contributed by atoms with E-state index < -0.39 is 11.9 Å². The monoisotopic (exact) mass is 330 g/mol. The highest BCUT2D eigenvalue weighted by Gasteiger charge is 2.36. The molecule has 24 heavy (non-hydrogen) atoms. The molecule has 0 fully saturated rings. The molecule has 0 aliphatic heterocycles. The Labute approximate surface area is 138 Å². The summed E-state index contributed by atoms with van der Waals surface area (Å²) in [5.41, 5.74) is 2.78. The lowest BCUT2D eigenvalue weighted by molar-refractivity contribution is -0.143. The number of rotatable bonds is 3. The molecule has 0 atom stereocenters. The second-order valence-electron chi connectivity index (χ2n) is 5.84. The lowest BCUT2D eigenvalue weighted by Gasteiger charge is -2.15. The number of benzene rings is 2. The van der Waals surface area contributed by atoms with Crippen molar-refractivity contribution in [1.29, 1.82) is 0 Å². The van der Waals surface area contributed by atoms with Crippen molar-refractivity contribution < 1.29 is 13.2 Å². The van der Waals surface area contributed by atoms with Crippen molar-refractivity contribution in [3.05, 3.63) is 77.1 Å². The maximum Gasteiger partial charge on any atom is 0.433 e. The summed E-state index contributed by atoms with van der Waals surface area (Å²) in [7, 11) is 0. The Morgan fingerprint density at radius 1 is 0.958 bits per heavy atom. The van der Waals surface area contributed by atoms with Crippen LogP contribution in [0.15, 0.2) is 54.7 Å². The molecule has 2 nitrogen and oxygen atoms in total. The molecule has 3 rings (SSSR count). The lowest BCUT2D eigenvalue weighted by atomic mass is 10.1. The first kappa shape index (κ1) is 16.3. The zero-order chi connectivity index (χ0) is 17.3. The molecule has 0 radical (unpaired) electrons. The van der Waals surface area contributed by atoms with Gasteiger partial charge in [-0.3, -0.25) is 0 Å². The molecule has 5 heteroatoms. The second kappa shape index (κ2) is 6.15. The van der Waals surface area contributed by atoms with Gasteiger partial charge in [-0.2, -0.15) is 13.2 Å². The van der Waals surface area contributed by atoms with E-state index in [2.05, 4.69) is 4.98 Å². The van der Waals surface area contributed by atoms with Crippen LogP contribution in [0.4, 0.5) is 13.2 Å². The Morgan fingerprint density at radius 3 is 2.25 bits per heavy atom. The van der Waals surface area contributed by atoms with Crippen LogP contribution in [0.2, 0.25) is 0 Å². The van der Waals surface area contributed by atoms with Gasteiger partial charge in [0.15, 0.2) is 0 Å². The number of alkyl halides is 3. The lowest BCUT2D eigenvalue weighted by Crippen LogP contribution is -2.15. The highest BCUT2D eigenvalue weighted by molar-refractivity contribution is 5.57. The Kier molecular flexibility index (Phi) is 4.18. The van der Waals surface area contributed by atoms with Gasteiger partial charge in [-0.25, -0.2) is 4.98 Å². The van der Waals surface area contributed by atoms with Crippen LogP contribution >= 0.6 is 0 Å². The summed E-state index contributed by atoms with van der Waals surface area (Å²) < 4.78 is 41.4. The predicted molar refractivity (Wildman–Crippen MR) is 87.7 cm³/mol. The van der Waals surface area contributed by atoms with Crippen molar-refractivity contribution in [3.8, 4) is 11.4 Å². The van der Waals surface area contributed by atoms with E-state index in [4.69, 9.17) is 0 Å². The molecule has 0 spiro atoms. The molecular weight excluding hydrogens is 313 g/mol. The number of nitrogens with zero attached hydrogens (tertiary/aromatic N) is 2. The Morgan fingerprint density at radius 2 is 1.62 bits per heavy atom. The van der Waals surface area contributed by atoms with Gasteiger partial charge in [-0.15, -0.1) is 0 Å². The summed E-state index contributed by atoms with van der Waals surface area (Å²) in [4.78, 5) is 4.05. The smallest absolute Gasteiger partial charge is 0.316 e. The van der Waals surface area contributed by atoms with Crippen LogP contribution in [0.5, 0.6) is 0 Å². The van der Waals surface area contributed by atoms with Crippen LogP contribution in [0.1, 0.15) is 22.4 Å². The number of aryl methyl sites for hydroxylation is 2. The summed E-state index contributed by atoms with van der Waals surface area (Å²) in [6, 6.07) is 14.8. The number of aromatic nitrogens is 2. The molecule has 0 bridgehead atoms. The van der Waals surface area contributed by atoms with Gasteiger partial charge in [0.25, 0.3) is 0 Å². The molecule has 0 saturated heterocycles. The third-order valence-electron chi connectivity index (χ3n) is 4.05. The molecule has 0 aliphatic carbocycles. The standard InChI is InChI=1S/C19H17F3N2/c1-13-7-9-15(10-8-13)18-23-11-17(19(20,21)22)24(18)12-16-6-4-3-5-14(16)2/h3-11H,12H2,1-2H3. The normalized spacial score (nSPS) is 11.7. The summed E-state index contributed by atoms with van der Waals surface area (Å²) in [5.74, 6) is 0.325. The number of hydrogen-bond donors (Lipinski definition) is 0. The van der Waals surface area contributed by atoms with Gasteiger partial charge in [0.1, 0.15) is 11.5 Å². The van der Waals surface area contributed by atoms with E-state index >= 15 is 0 Å². The molecule has 2 aromatic carbocycles. The molecule has 0 amide bonds. The highest BCUT2D eigenvalue weighted by Crippen LogP contribution is 2.33. The fourth-order valence-electron chi connectivity index (χ4n) is 2.65. The van der Waals surface area contributed by atoms with E-state index in [0.717, 1.165) is 22.9 Å². The third-order valence-corrected chi connectivity index (χ3v) is 4.05. The van der Waals surface area contributed by atoms with E-state index in [1.165, 1.54) is 4.57 Å². The fraction of sp³-hybridized carbons (Fsp3) is 0.211. The summed E-state index contributed by atoms with van der Waals surface area (Å²) in [5, 5.41) is 0. The maximum atomic E-state index is 13.4. The van der Waals surface area contributed by atoms with Crippen molar-refractivity contribution in [2.24, 2.45) is 0 Å². The third kappa shape index (κ3) is 3.20. The average Bonchev–Trinajstić information content (AvgIpc) is 2.94. The van der Waals surface area contributed by atoms with Gasteiger partial charge < -0.3 is 4.57 Å². The summed E-state index contributed by atoms with van der Waals surface area (Å²) in [6.45, 7) is 3.96. The minimum atomic E-state index is -4.45. The SMILES string of the molecule is Cc1ccc(-c2ncc(C(F)(F)F)n2Cc2ccccc2C)cc1. The second-order valence-corrected chi connectivity index (χ2v) is 5.84. The zero-order valence-corrected chi connectivity index (χ0v) is 13.4. The average molecular weight is 330 g/mol. The van der Waals surface area contributed by atoms with Gasteiger partial charge in [0.05, 0.1) is 6.20 Å². The van der Waals surface area contributed by atoms with E-state index in [1.54, 1.807) is 12.1 Å². The minimum Gasteiger partial charge on any atom is -0.316 e. The van der Waals surface area contributed by atoms with Crippen molar-refractivity contribution in [3.63, 3.8) is 0 Å². The molecular formula is C19H17F3N2. The van der Waals surface area contributed by atoms with Crippen LogP contribution in [0, 0.1) is 13.8 Å². The van der Waals surface area contributed by atoms with Crippen LogP contribution in [-0.4, -0.2) is 9.55 Å². The Bertz CT molecular complexity index is 846. The molecule has 0 aliphatic rings.